The third-order valence-corrected chi connectivity index (χ3v) is 3.11. The number of aromatic nitrogens is 1. The first-order chi connectivity index (χ1) is 9.56. The predicted molar refractivity (Wildman–Crippen MR) is 73.2 cm³/mol. The van der Waals surface area contributed by atoms with Crippen molar-refractivity contribution in [1.29, 1.82) is 0 Å². The highest BCUT2D eigenvalue weighted by Crippen LogP contribution is 2.24. The monoisotopic (exact) mass is 267 g/mol. The summed E-state index contributed by atoms with van der Waals surface area (Å²) in [7, 11) is 0. The van der Waals surface area contributed by atoms with Crippen LogP contribution in [0.5, 0.6) is 0 Å². The number of carbonyl (C=O) groups is 2. The summed E-state index contributed by atoms with van der Waals surface area (Å²) in [6.45, 7) is 0. The van der Waals surface area contributed by atoms with Gasteiger partial charge in [-0.25, -0.2) is 14.6 Å². The van der Waals surface area contributed by atoms with E-state index in [1.54, 1.807) is 12.1 Å². The van der Waals surface area contributed by atoms with Crippen molar-refractivity contribution < 1.29 is 19.8 Å². The van der Waals surface area contributed by atoms with Gasteiger partial charge in [-0.15, -0.1) is 0 Å². The highest BCUT2D eigenvalue weighted by atomic mass is 16.4. The minimum absolute atomic E-state index is 0.0573. The molecule has 1 aromatic heterocycles. The van der Waals surface area contributed by atoms with Crippen LogP contribution < -0.4 is 0 Å². The Morgan fingerprint density at radius 3 is 2.35 bits per heavy atom. The largest absolute Gasteiger partial charge is 0.478 e. The summed E-state index contributed by atoms with van der Waals surface area (Å²) >= 11 is 0. The molecule has 5 nitrogen and oxygen atoms in total. The molecule has 0 saturated heterocycles. The molecule has 0 spiro atoms. The van der Waals surface area contributed by atoms with Crippen molar-refractivity contribution in [1.82, 2.24) is 4.98 Å². The van der Waals surface area contributed by atoms with Gasteiger partial charge in [-0.05, 0) is 24.3 Å². The molecule has 0 aliphatic carbocycles. The number of fused-ring (bicyclic) bond motifs is 2. The molecular formula is C15H9NO4. The van der Waals surface area contributed by atoms with Crippen LogP contribution in [-0.4, -0.2) is 27.1 Å². The Balaban J connectivity index is 2.46. The Kier molecular flexibility index (Phi) is 2.61. The first kappa shape index (κ1) is 12.1. The van der Waals surface area contributed by atoms with E-state index in [1.165, 1.54) is 6.07 Å². The van der Waals surface area contributed by atoms with E-state index >= 15 is 0 Å². The molecule has 0 fully saturated rings. The summed E-state index contributed by atoms with van der Waals surface area (Å²) in [6.07, 6.45) is 0. The third-order valence-electron chi connectivity index (χ3n) is 3.11. The van der Waals surface area contributed by atoms with E-state index in [0.717, 1.165) is 11.5 Å². The third kappa shape index (κ3) is 1.85. The molecular weight excluding hydrogens is 258 g/mol. The molecule has 5 heteroatoms. The zero-order valence-electron chi connectivity index (χ0n) is 10.2. The number of hydrogen-bond acceptors (Lipinski definition) is 3. The van der Waals surface area contributed by atoms with Crippen LogP contribution in [-0.2, 0) is 0 Å². The van der Waals surface area contributed by atoms with E-state index in [1.807, 2.05) is 18.2 Å². The van der Waals surface area contributed by atoms with Gasteiger partial charge in [0.2, 0.25) is 0 Å². The van der Waals surface area contributed by atoms with Crippen LogP contribution in [0, 0.1) is 0 Å². The number of rotatable bonds is 2. The van der Waals surface area contributed by atoms with E-state index in [2.05, 4.69) is 4.98 Å². The minimum atomic E-state index is -1.18. The molecule has 2 N–H and O–H groups in total. The van der Waals surface area contributed by atoms with Gasteiger partial charge in [0.15, 0.2) is 0 Å². The Morgan fingerprint density at radius 1 is 0.900 bits per heavy atom. The fourth-order valence-electron chi connectivity index (χ4n) is 2.18. The van der Waals surface area contributed by atoms with Crippen molar-refractivity contribution in [3.8, 4) is 0 Å². The molecule has 0 amide bonds. The topological polar surface area (TPSA) is 87.5 Å². The fraction of sp³-hybridized carbons (Fsp3) is 0. The lowest BCUT2D eigenvalue weighted by molar-refractivity contribution is 0.0696. The van der Waals surface area contributed by atoms with E-state index in [9.17, 15) is 14.7 Å². The molecule has 0 atom stereocenters. The van der Waals surface area contributed by atoms with Crippen molar-refractivity contribution in [3.05, 3.63) is 53.6 Å². The zero-order chi connectivity index (χ0) is 14.3. The Morgan fingerprint density at radius 2 is 1.65 bits per heavy atom. The molecule has 2 aromatic carbocycles. The molecule has 0 aliphatic rings. The Bertz CT molecular complexity index is 870. The van der Waals surface area contributed by atoms with Gasteiger partial charge in [0.1, 0.15) is 0 Å². The van der Waals surface area contributed by atoms with Crippen molar-refractivity contribution in [2.24, 2.45) is 0 Å². The number of nitrogens with zero attached hydrogens (tertiary/aromatic N) is 1. The van der Waals surface area contributed by atoms with Crippen molar-refractivity contribution in [2.75, 3.05) is 0 Å². The van der Waals surface area contributed by atoms with Gasteiger partial charge in [-0.2, -0.15) is 0 Å². The van der Waals surface area contributed by atoms with Crippen LogP contribution in [0.4, 0.5) is 0 Å². The second kappa shape index (κ2) is 4.31. The molecule has 0 aliphatic heterocycles. The van der Waals surface area contributed by atoms with Crippen LogP contribution >= 0.6 is 0 Å². The first-order valence-electron chi connectivity index (χ1n) is 5.86. The molecule has 0 unspecified atom stereocenters. The molecule has 3 rings (SSSR count). The Hall–Kier alpha value is -2.95. The van der Waals surface area contributed by atoms with Crippen molar-refractivity contribution in [2.45, 2.75) is 0 Å². The molecule has 1 heterocycles. The average molecular weight is 267 g/mol. The highest BCUT2D eigenvalue weighted by molar-refractivity contribution is 6.08. The highest BCUT2D eigenvalue weighted by Gasteiger charge is 2.15. The van der Waals surface area contributed by atoms with E-state index in [0.29, 0.717) is 16.4 Å². The number of carboxylic acids is 2. The lowest BCUT2D eigenvalue weighted by atomic mass is 10.0. The predicted octanol–water partition coefficient (Wildman–Crippen LogP) is 2.78. The van der Waals surface area contributed by atoms with Crippen LogP contribution in [0.1, 0.15) is 20.7 Å². The minimum Gasteiger partial charge on any atom is -0.478 e. The van der Waals surface area contributed by atoms with Gasteiger partial charge in [-0.1, -0.05) is 18.2 Å². The van der Waals surface area contributed by atoms with Gasteiger partial charge in [0, 0.05) is 10.8 Å². The summed E-state index contributed by atoms with van der Waals surface area (Å²) in [5.74, 6) is -2.35. The van der Waals surface area contributed by atoms with Crippen LogP contribution in [0.25, 0.3) is 21.8 Å². The summed E-state index contributed by atoms with van der Waals surface area (Å²) in [6, 6.07) is 11.5. The molecule has 3 aromatic rings. The quantitative estimate of drug-likeness (QED) is 0.697. The SMILES string of the molecule is O=C(O)c1cc(C(=O)O)c2cc3ccccc3nc2c1. The second-order valence-corrected chi connectivity index (χ2v) is 4.38. The van der Waals surface area contributed by atoms with E-state index in [-0.39, 0.29) is 11.1 Å². The lowest BCUT2D eigenvalue weighted by Crippen LogP contribution is -2.04. The normalized spacial score (nSPS) is 10.8. The van der Waals surface area contributed by atoms with Gasteiger partial charge in [0.05, 0.1) is 22.2 Å². The number of aromatic carboxylic acids is 2. The second-order valence-electron chi connectivity index (χ2n) is 4.38. The van der Waals surface area contributed by atoms with Crippen LogP contribution in [0.15, 0.2) is 42.5 Å². The van der Waals surface area contributed by atoms with Gasteiger partial charge in [0.25, 0.3) is 0 Å². The summed E-state index contributed by atoms with van der Waals surface area (Å²) in [4.78, 5) is 26.7. The van der Waals surface area contributed by atoms with Crippen molar-refractivity contribution in [3.63, 3.8) is 0 Å². The number of carboxylic acid groups (broad SMARTS) is 2. The molecule has 0 saturated carbocycles. The lowest BCUT2D eigenvalue weighted by Gasteiger charge is -2.06. The van der Waals surface area contributed by atoms with E-state index < -0.39 is 11.9 Å². The van der Waals surface area contributed by atoms with Crippen LogP contribution in [0.3, 0.4) is 0 Å². The molecule has 98 valence electrons. The van der Waals surface area contributed by atoms with Crippen LogP contribution in [0.2, 0.25) is 0 Å². The van der Waals surface area contributed by atoms with Gasteiger partial charge >= 0.3 is 11.9 Å². The Labute approximate surface area is 113 Å². The van der Waals surface area contributed by atoms with Crippen molar-refractivity contribution >= 4 is 33.7 Å². The maximum Gasteiger partial charge on any atom is 0.336 e. The first-order valence-corrected chi connectivity index (χ1v) is 5.86. The summed E-state index contributed by atoms with van der Waals surface area (Å²) in [5.41, 5.74) is 0.913. The number of pyridine rings is 1. The number of benzene rings is 2. The summed E-state index contributed by atoms with van der Waals surface area (Å²) < 4.78 is 0. The maximum absolute atomic E-state index is 11.3. The number of hydrogen-bond donors (Lipinski definition) is 2. The zero-order valence-corrected chi connectivity index (χ0v) is 10.2. The summed E-state index contributed by atoms with van der Waals surface area (Å²) in [5, 5.41) is 19.5. The smallest absolute Gasteiger partial charge is 0.336 e. The number of para-hydroxylation sites is 1. The van der Waals surface area contributed by atoms with Gasteiger partial charge in [-0.3, -0.25) is 0 Å². The average Bonchev–Trinajstić information content (AvgIpc) is 2.43. The van der Waals surface area contributed by atoms with Gasteiger partial charge < -0.3 is 10.2 Å². The molecule has 20 heavy (non-hydrogen) atoms. The molecule has 0 radical (unpaired) electrons. The van der Waals surface area contributed by atoms with E-state index in [4.69, 9.17) is 5.11 Å². The molecule has 0 bridgehead atoms. The fourth-order valence-corrected chi connectivity index (χ4v) is 2.18. The standard InChI is InChI=1S/C15H9NO4/c17-14(18)9-6-11(15(19)20)10-5-8-3-1-2-4-12(8)16-13(10)7-9/h1-7H,(H,17,18)(H,19,20). The maximum atomic E-state index is 11.3.